The zero-order valence-corrected chi connectivity index (χ0v) is 24.6. The van der Waals surface area contributed by atoms with E-state index in [1.807, 2.05) is 114 Å². The van der Waals surface area contributed by atoms with Crippen LogP contribution in [0.3, 0.4) is 0 Å². The van der Waals surface area contributed by atoms with Crippen LogP contribution < -0.4 is 0 Å². The van der Waals surface area contributed by atoms with Crippen LogP contribution in [0.2, 0.25) is 10.3 Å². The van der Waals surface area contributed by atoms with Gasteiger partial charge < -0.3 is 18.9 Å². The molecule has 1 aromatic heterocycles. The van der Waals surface area contributed by atoms with Crippen LogP contribution in [0, 0.1) is 3.70 Å². The van der Waals surface area contributed by atoms with Gasteiger partial charge in [-0.1, -0.05) is 114 Å². The maximum absolute atomic E-state index is 6.55. The van der Waals surface area contributed by atoms with Gasteiger partial charge in [0.2, 0.25) is 0 Å². The van der Waals surface area contributed by atoms with Crippen LogP contribution in [0.1, 0.15) is 28.5 Å². The largest absolute Gasteiger partial charge is 0.374 e. The number of halogens is 3. The summed E-state index contributed by atoms with van der Waals surface area (Å²) in [4.78, 5) is 8.90. The molecule has 1 fully saturated rings. The van der Waals surface area contributed by atoms with Crippen LogP contribution in [-0.4, -0.2) is 34.9 Å². The molecule has 0 spiro atoms. The molecule has 0 saturated carbocycles. The van der Waals surface area contributed by atoms with Gasteiger partial charge >= 0.3 is 0 Å². The minimum Gasteiger partial charge on any atom is -0.374 e. The Morgan fingerprint density at radius 2 is 1.18 bits per heavy atom. The fourth-order valence-corrected chi connectivity index (χ4v) is 5.22. The zero-order valence-electron chi connectivity index (χ0n) is 21.0. The quantitative estimate of drug-likeness (QED) is 0.157. The first-order chi connectivity index (χ1) is 19.1. The second-order valence-electron chi connectivity index (χ2n) is 9.10. The van der Waals surface area contributed by atoms with E-state index in [0.29, 0.717) is 35.8 Å². The van der Waals surface area contributed by atoms with E-state index in [2.05, 4.69) is 9.97 Å². The number of hydrogen-bond acceptors (Lipinski definition) is 6. The molecule has 0 N–H and O–H groups in total. The molecular weight excluding hydrogens is 650 g/mol. The van der Waals surface area contributed by atoms with Gasteiger partial charge in [0, 0.05) is 0 Å². The Morgan fingerprint density at radius 1 is 0.667 bits per heavy atom. The lowest BCUT2D eigenvalue weighted by Gasteiger charge is -2.25. The first-order valence-electron chi connectivity index (χ1n) is 12.5. The first-order valence-corrected chi connectivity index (χ1v) is 14.4. The summed E-state index contributed by atoms with van der Waals surface area (Å²) < 4.78 is 26.2. The Bertz CT molecular complexity index is 1340. The Labute approximate surface area is 251 Å². The van der Waals surface area contributed by atoms with Crippen molar-refractivity contribution in [2.24, 2.45) is 0 Å². The number of rotatable bonds is 11. The van der Waals surface area contributed by atoms with Gasteiger partial charge in [-0.3, -0.25) is 0 Å². The average Bonchev–Trinajstić information content (AvgIpc) is 3.31. The van der Waals surface area contributed by atoms with Crippen molar-refractivity contribution < 1.29 is 18.9 Å². The van der Waals surface area contributed by atoms with E-state index >= 15 is 0 Å². The molecule has 2 heterocycles. The van der Waals surface area contributed by atoms with Gasteiger partial charge in [-0.05, 0) is 39.3 Å². The summed E-state index contributed by atoms with van der Waals surface area (Å²) in [6, 6.07) is 30.0. The average molecular weight is 677 g/mol. The molecule has 0 bridgehead atoms. The highest BCUT2D eigenvalue weighted by atomic mass is 127. The third-order valence-corrected chi connectivity index (χ3v) is 7.95. The van der Waals surface area contributed by atoms with Gasteiger partial charge in [0.25, 0.3) is 0 Å². The van der Waals surface area contributed by atoms with Gasteiger partial charge in [0.15, 0.2) is 10.3 Å². The predicted molar refractivity (Wildman–Crippen MR) is 159 cm³/mol. The number of aromatic nitrogens is 2. The Morgan fingerprint density at radius 3 is 1.74 bits per heavy atom. The monoisotopic (exact) mass is 676 g/mol. The van der Waals surface area contributed by atoms with Crippen LogP contribution in [0.15, 0.2) is 91.0 Å². The Hall–Kier alpha value is -2.11. The second-order valence-corrected chi connectivity index (χ2v) is 10.8. The number of ether oxygens (including phenoxy) is 4. The van der Waals surface area contributed by atoms with Crippen LogP contribution in [0.25, 0.3) is 0 Å². The van der Waals surface area contributed by atoms with Gasteiger partial charge in [-0.2, -0.15) is 0 Å². The molecule has 1 saturated heterocycles. The summed E-state index contributed by atoms with van der Waals surface area (Å²) in [6.07, 6.45) is -2.05. The highest BCUT2D eigenvalue weighted by Crippen LogP contribution is 2.40. The summed E-state index contributed by atoms with van der Waals surface area (Å²) in [5, 5.41) is 0.412. The minimum atomic E-state index is -0.634. The molecule has 39 heavy (non-hydrogen) atoms. The molecule has 5 rings (SSSR count). The molecule has 1 aliphatic rings. The normalized spacial score (nSPS) is 20.8. The fraction of sp³-hybridized carbons (Fsp3) is 0.267. The topological polar surface area (TPSA) is 62.7 Å². The summed E-state index contributed by atoms with van der Waals surface area (Å²) in [6.45, 7) is 1.50. The molecule has 0 amide bonds. The van der Waals surface area contributed by atoms with E-state index in [0.717, 1.165) is 16.7 Å². The van der Waals surface area contributed by atoms with E-state index < -0.39 is 24.4 Å². The van der Waals surface area contributed by atoms with Crippen molar-refractivity contribution in [2.75, 3.05) is 6.61 Å². The van der Waals surface area contributed by atoms with Gasteiger partial charge in [0.05, 0.1) is 26.4 Å². The lowest BCUT2D eigenvalue weighted by Crippen LogP contribution is -2.38. The van der Waals surface area contributed by atoms with Crippen LogP contribution >= 0.6 is 45.8 Å². The minimum absolute atomic E-state index is 0.173. The number of benzene rings is 3. The van der Waals surface area contributed by atoms with Crippen molar-refractivity contribution in [3.63, 3.8) is 0 Å². The molecule has 0 aliphatic carbocycles. The van der Waals surface area contributed by atoms with E-state index in [1.165, 1.54) is 0 Å². The zero-order chi connectivity index (χ0) is 27.0. The van der Waals surface area contributed by atoms with Crippen molar-refractivity contribution in [1.29, 1.82) is 0 Å². The third kappa shape index (κ3) is 7.55. The maximum atomic E-state index is 6.55. The SMILES string of the molecule is Clc1nc(Cl)c([C@@H]2O[C@H](COCc3ccccc3)[C@@H](OCc3ccccc3)[C@H]2OCc2ccccc2)nc1I. The van der Waals surface area contributed by atoms with E-state index in [-0.39, 0.29) is 10.3 Å². The predicted octanol–water partition coefficient (Wildman–Crippen LogP) is 7.22. The van der Waals surface area contributed by atoms with Crippen molar-refractivity contribution >= 4 is 45.8 Å². The highest BCUT2D eigenvalue weighted by Gasteiger charge is 2.48. The number of hydrogen-bond donors (Lipinski definition) is 0. The van der Waals surface area contributed by atoms with Crippen molar-refractivity contribution in [2.45, 2.75) is 44.2 Å². The third-order valence-electron chi connectivity index (χ3n) is 6.34. The van der Waals surface area contributed by atoms with Crippen LogP contribution in [0.4, 0.5) is 0 Å². The molecule has 4 aromatic rings. The molecule has 6 nitrogen and oxygen atoms in total. The highest BCUT2D eigenvalue weighted by molar-refractivity contribution is 14.1. The lowest BCUT2D eigenvalue weighted by atomic mass is 10.0. The molecule has 9 heteroatoms. The van der Waals surface area contributed by atoms with Gasteiger partial charge in [-0.15, -0.1) is 0 Å². The van der Waals surface area contributed by atoms with E-state index in [4.69, 9.17) is 42.1 Å². The van der Waals surface area contributed by atoms with Crippen LogP contribution in [0.5, 0.6) is 0 Å². The summed E-state index contributed by atoms with van der Waals surface area (Å²) in [5.74, 6) is 0. The molecule has 0 unspecified atom stereocenters. The van der Waals surface area contributed by atoms with Crippen molar-refractivity contribution in [3.05, 3.63) is 127 Å². The van der Waals surface area contributed by atoms with E-state index in [9.17, 15) is 0 Å². The van der Waals surface area contributed by atoms with Gasteiger partial charge in [-0.25, -0.2) is 9.97 Å². The molecule has 202 valence electrons. The maximum Gasteiger partial charge on any atom is 0.162 e. The summed E-state index contributed by atoms with van der Waals surface area (Å²) in [5.41, 5.74) is 3.62. The Kier molecular flexibility index (Phi) is 10.2. The van der Waals surface area contributed by atoms with Crippen molar-refractivity contribution in [3.8, 4) is 0 Å². The fourth-order valence-electron chi connectivity index (χ4n) is 4.43. The van der Waals surface area contributed by atoms with Crippen LogP contribution in [-0.2, 0) is 38.8 Å². The Balaban J connectivity index is 1.42. The summed E-state index contributed by atoms with van der Waals surface area (Å²) >= 11 is 14.8. The lowest BCUT2D eigenvalue weighted by molar-refractivity contribution is -0.0898. The molecule has 0 radical (unpaired) electrons. The second kappa shape index (κ2) is 14.0. The molecule has 1 aliphatic heterocycles. The molecule has 4 atom stereocenters. The van der Waals surface area contributed by atoms with E-state index in [1.54, 1.807) is 0 Å². The van der Waals surface area contributed by atoms with Crippen molar-refractivity contribution in [1.82, 2.24) is 9.97 Å². The standard InChI is InChI=1S/C30H27Cl2IN2O4/c31-28-24(34-30(33)29(32)35-28)26-27(38-18-22-14-8-3-9-15-22)25(37-17-21-12-6-2-7-13-21)23(39-26)19-36-16-20-10-4-1-5-11-20/h1-15,23,25-27H,16-19H2/t23-,25-,26+,27-/m1/s1. The molecule has 3 aromatic carbocycles. The smallest absolute Gasteiger partial charge is 0.162 e. The summed E-state index contributed by atoms with van der Waals surface area (Å²) in [7, 11) is 0. The first kappa shape index (κ1) is 28.4. The van der Waals surface area contributed by atoms with Gasteiger partial charge in [0.1, 0.15) is 33.8 Å². The molecular formula is C30H27Cl2IN2O4. The number of nitrogens with zero attached hydrogens (tertiary/aromatic N) is 2.